The molecule has 1 saturated heterocycles. The third-order valence-corrected chi connectivity index (χ3v) is 7.25. The lowest BCUT2D eigenvalue weighted by Crippen LogP contribution is -2.30. The number of phenols is 1. The summed E-state index contributed by atoms with van der Waals surface area (Å²) >= 11 is 10.8. The largest absolute Gasteiger partial charge is 0.506 e. The Morgan fingerprint density at radius 2 is 1.58 bits per heavy atom. The molecule has 0 radical (unpaired) electrons. The van der Waals surface area contributed by atoms with Gasteiger partial charge < -0.3 is 5.11 Å². The molecule has 1 amide bonds. The number of aliphatic imine (C=N–C) groups is 1. The molecule has 0 aliphatic carbocycles. The van der Waals surface area contributed by atoms with Crippen LogP contribution in [0, 0.1) is 27.7 Å². The molecule has 7 heteroatoms. The number of carbonyl (C=O) groups is 1. The summed E-state index contributed by atoms with van der Waals surface area (Å²) in [5, 5.41) is 11.5. The minimum atomic E-state index is -0.196. The van der Waals surface area contributed by atoms with Gasteiger partial charge in [-0.25, -0.2) is 4.99 Å². The Labute approximate surface area is 211 Å². The number of carbonyl (C=O) groups excluding carboxylic acids is 1. The quantitative estimate of drug-likeness (QED) is 0.344. The molecule has 0 atom stereocenters. The monoisotopic (exact) mass is 540 g/mol. The van der Waals surface area contributed by atoms with Gasteiger partial charge in [-0.05, 0) is 95.8 Å². The maximum atomic E-state index is 13.7. The molecule has 3 aromatic carbocycles. The van der Waals surface area contributed by atoms with Gasteiger partial charge in [-0.15, -0.1) is 0 Å². The average molecular weight is 542 g/mol. The van der Waals surface area contributed by atoms with E-state index in [9.17, 15) is 9.90 Å². The van der Waals surface area contributed by atoms with E-state index in [1.54, 1.807) is 23.1 Å². The van der Waals surface area contributed by atoms with Crippen LogP contribution in [0.3, 0.4) is 0 Å². The standard InChI is InChI=1S/C26H22BrClN2O2S/c1-14-7-5-8-15(2)22(14)29-26-30(23-16(3)9-6-10-17(23)4)25(32)21(33-26)12-18-11-19(28)13-20(27)24(18)31/h5-13,31H,1-4H3/b21-12+,29-26?. The van der Waals surface area contributed by atoms with Gasteiger partial charge in [0.25, 0.3) is 5.91 Å². The molecule has 3 aromatic rings. The maximum Gasteiger partial charge on any atom is 0.271 e. The number of anilines is 1. The molecule has 4 nitrogen and oxygen atoms in total. The average Bonchev–Trinajstić information content (AvgIpc) is 3.04. The highest BCUT2D eigenvalue weighted by molar-refractivity contribution is 9.10. The second-order valence-electron chi connectivity index (χ2n) is 7.95. The van der Waals surface area contributed by atoms with E-state index in [0.717, 1.165) is 33.6 Å². The smallest absolute Gasteiger partial charge is 0.271 e. The van der Waals surface area contributed by atoms with Crippen LogP contribution < -0.4 is 4.90 Å². The Hall–Kier alpha value is -2.54. The number of phenolic OH excluding ortho intramolecular Hbond substituents is 1. The van der Waals surface area contributed by atoms with Crippen LogP contribution in [0.1, 0.15) is 27.8 Å². The number of hydrogen-bond donors (Lipinski definition) is 1. The second kappa shape index (κ2) is 9.37. The second-order valence-corrected chi connectivity index (χ2v) is 10.3. The van der Waals surface area contributed by atoms with Gasteiger partial charge in [0.2, 0.25) is 0 Å². The molecule has 1 aliphatic heterocycles. The SMILES string of the molecule is Cc1cccc(C)c1N=C1S/C(=C/c2cc(Cl)cc(Br)c2O)C(=O)N1c1c(C)cccc1C. The predicted molar refractivity (Wildman–Crippen MR) is 143 cm³/mol. The third kappa shape index (κ3) is 4.60. The number of benzene rings is 3. The van der Waals surface area contributed by atoms with Gasteiger partial charge in [0.05, 0.1) is 20.8 Å². The van der Waals surface area contributed by atoms with Crippen LogP contribution in [0.2, 0.25) is 5.02 Å². The fraction of sp³-hybridized carbons (Fsp3) is 0.154. The van der Waals surface area contributed by atoms with Gasteiger partial charge in [-0.3, -0.25) is 9.69 Å². The number of amides is 1. The van der Waals surface area contributed by atoms with Crippen LogP contribution >= 0.6 is 39.3 Å². The molecular weight excluding hydrogens is 520 g/mol. The summed E-state index contributed by atoms with van der Waals surface area (Å²) in [7, 11) is 0. The van der Waals surface area contributed by atoms with Crippen LogP contribution in [0.5, 0.6) is 5.75 Å². The van der Waals surface area contributed by atoms with E-state index in [0.29, 0.717) is 25.1 Å². The first kappa shape index (κ1) is 23.6. The Morgan fingerprint density at radius 3 is 2.18 bits per heavy atom. The van der Waals surface area contributed by atoms with E-state index in [2.05, 4.69) is 15.9 Å². The van der Waals surface area contributed by atoms with Crippen molar-refractivity contribution in [1.29, 1.82) is 0 Å². The van der Waals surface area contributed by atoms with Crippen molar-refractivity contribution in [2.24, 2.45) is 4.99 Å². The zero-order valence-electron chi connectivity index (χ0n) is 18.6. The van der Waals surface area contributed by atoms with Crippen LogP contribution in [0.4, 0.5) is 11.4 Å². The van der Waals surface area contributed by atoms with E-state index in [4.69, 9.17) is 16.6 Å². The minimum absolute atomic E-state index is 0.0269. The van der Waals surface area contributed by atoms with Crippen molar-refractivity contribution < 1.29 is 9.90 Å². The Kier molecular flexibility index (Phi) is 6.71. The van der Waals surface area contributed by atoms with Crippen molar-refractivity contribution >= 4 is 67.8 Å². The van der Waals surface area contributed by atoms with Crippen molar-refractivity contribution in [1.82, 2.24) is 0 Å². The minimum Gasteiger partial charge on any atom is -0.506 e. The summed E-state index contributed by atoms with van der Waals surface area (Å²) in [5.74, 6) is -0.169. The highest BCUT2D eigenvalue weighted by Crippen LogP contribution is 2.42. The fourth-order valence-corrected chi connectivity index (χ4v) is 5.62. The molecule has 0 unspecified atom stereocenters. The molecule has 0 saturated carbocycles. The van der Waals surface area contributed by atoms with E-state index < -0.39 is 0 Å². The topological polar surface area (TPSA) is 52.9 Å². The molecule has 1 heterocycles. The van der Waals surface area contributed by atoms with Crippen molar-refractivity contribution in [2.75, 3.05) is 4.90 Å². The molecule has 1 N–H and O–H groups in total. The van der Waals surface area contributed by atoms with Gasteiger partial charge in [0.1, 0.15) is 5.75 Å². The third-order valence-electron chi connectivity index (χ3n) is 5.46. The Balaban J connectivity index is 1.91. The molecule has 4 rings (SSSR count). The number of para-hydroxylation sites is 2. The molecule has 0 spiro atoms. The Bertz CT molecular complexity index is 1310. The first-order chi connectivity index (χ1) is 15.7. The molecule has 0 bridgehead atoms. The number of thioether (sulfide) groups is 1. The molecule has 1 aliphatic rings. The van der Waals surface area contributed by atoms with Crippen molar-refractivity contribution in [3.63, 3.8) is 0 Å². The summed E-state index contributed by atoms with van der Waals surface area (Å²) in [5.41, 5.74) is 6.15. The van der Waals surface area contributed by atoms with Gasteiger partial charge in [-0.2, -0.15) is 0 Å². The van der Waals surface area contributed by atoms with Crippen LogP contribution in [-0.2, 0) is 4.79 Å². The highest BCUT2D eigenvalue weighted by Gasteiger charge is 2.36. The number of halogens is 2. The van der Waals surface area contributed by atoms with Crippen molar-refractivity contribution in [3.8, 4) is 5.75 Å². The number of rotatable bonds is 3. The fourth-order valence-electron chi connectivity index (χ4n) is 3.82. The highest BCUT2D eigenvalue weighted by atomic mass is 79.9. The number of hydrogen-bond acceptors (Lipinski definition) is 4. The zero-order valence-corrected chi connectivity index (χ0v) is 21.8. The van der Waals surface area contributed by atoms with Crippen molar-refractivity contribution in [3.05, 3.63) is 90.7 Å². The lowest BCUT2D eigenvalue weighted by atomic mass is 10.1. The summed E-state index contributed by atoms with van der Waals surface area (Å²) in [4.78, 5) is 20.8. The van der Waals surface area contributed by atoms with E-state index in [-0.39, 0.29) is 11.7 Å². The summed E-state index contributed by atoms with van der Waals surface area (Å²) in [6.07, 6.45) is 1.66. The zero-order chi connectivity index (χ0) is 23.9. The van der Waals surface area contributed by atoms with E-state index >= 15 is 0 Å². The molecule has 1 fully saturated rings. The van der Waals surface area contributed by atoms with Crippen LogP contribution in [0.25, 0.3) is 6.08 Å². The molecule has 168 valence electrons. The van der Waals surface area contributed by atoms with Gasteiger partial charge in [0.15, 0.2) is 5.17 Å². The van der Waals surface area contributed by atoms with Gasteiger partial charge in [-0.1, -0.05) is 48.0 Å². The normalized spacial score (nSPS) is 16.3. The predicted octanol–water partition coefficient (Wildman–Crippen LogP) is 7.85. The lowest BCUT2D eigenvalue weighted by Gasteiger charge is -2.21. The number of aromatic hydroxyl groups is 1. The summed E-state index contributed by atoms with van der Waals surface area (Å²) in [6, 6.07) is 15.2. The number of amidine groups is 1. The van der Waals surface area contributed by atoms with Crippen molar-refractivity contribution in [2.45, 2.75) is 27.7 Å². The first-order valence-corrected chi connectivity index (χ1v) is 12.3. The number of aryl methyl sites for hydroxylation is 4. The first-order valence-electron chi connectivity index (χ1n) is 10.3. The van der Waals surface area contributed by atoms with Crippen LogP contribution in [-0.4, -0.2) is 16.2 Å². The summed E-state index contributed by atoms with van der Waals surface area (Å²) < 4.78 is 0.466. The molecule has 0 aromatic heterocycles. The lowest BCUT2D eigenvalue weighted by molar-refractivity contribution is -0.113. The van der Waals surface area contributed by atoms with E-state index in [1.165, 1.54) is 11.8 Å². The molecular formula is C26H22BrClN2O2S. The summed E-state index contributed by atoms with van der Waals surface area (Å²) in [6.45, 7) is 7.99. The maximum absolute atomic E-state index is 13.7. The van der Waals surface area contributed by atoms with Gasteiger partial charge in [0, 0.05) is 10.6 Å². The van der Waals surface area contributed by atoms with E-state index in [1.807, 2.05) is 64.1 Å². The van der Waals surface area contributed by atoms with Gasteiger partial charge >= 0.3 is 0 Å². The number of nitrogens with zero attached hydrogens (tertiary/aromatic N) is 2. The molecule has 33 heavy (non-hydrogen) atoms. The Morgan fingerprint density at radius 1 is 1.00 bits per heavy atom. The van der Waals surface area contributed by atoms with Crippen LogP contribution in [0.15, 0.2) is 62.9 Å².